The molecule has 1 N–H and O–H groups in total. The molecule has 0 atom stereocenters. The lowest BCUT2D eigenvalue weighted by Gasteiger charge is -2.14. The molecule has 7 nitrogen and oxygen atoms in total. The average molecular weight is 575 g/mol. The van der Waals surface area contributed by atoms with E-state index in [4.69, 9.17) is 21.7 Å². The molecule has 3 aromatic rings. The molecule has 0 spiro atoms. The van der Waals surface area contributed by atoms with Crippen LogP contribution in [-0.2, 0) is 27.4 Å². The summed E-state index contributed by atoms with van der Waals surface area (Å²) in [5, 5.41) is 3.77. The molecule has 2 aromatic carbocycles. The van der Waals surface area contributed by atoms with E-state index >= 15 is 0 Å². The number of amides is 2. The van der Waals surface area contributed by atoms with Gasteiger partial charge in [-0.3, -0.25) is 14.5 Å². The van der Waals surface area contributed by atoms with Crippen LogP contribution in [0.1, 0.15) is 11.1 Å². The predicted octanol–water partition coefficient (Wildman–Crippen LogP) is 4.58. The highest BCUT2D eigenvalue weighted by atomic mass is 79.9. The molecule has 2 amide bonds. The van der Waals surface area contributed by atoms with Gasteiger partial charge in [-0.15, -0.1) is 0 Å². The Kier molecular flexibility index (Phi) is 8.27. The number of benzene rings is 2. The van der Waals surface area contributed by atoms with Gasteiger partial charge in [0.1, 0.15) is 16.6 Å². The highest BCUT2D eigenvalue weighted by Gasteiger charge is 2.32. The molecule has 0 aliphatic carbocycles. The number of nitrogens with zero attached hydrogens (tertiary/aromatic N) is 2. The van der Waals surface area contributed by atoms with Gasteiger partial charge in [-0.1, -0.05) is 52.0 Å². The topological polar surface area (TPSA) is 72.8 Å². The van der Waals surface area contributed by atoms with E-state index in [2.05, 4.69) is 21.2 Å². The Morgan fingerprint density at radius 1 is 1.20 bits per heavy atom. The first-order valence-corrected chi connectivity index (χ1v) is 12.8. The van der Waals surface area contributed by atoms with Crippen LogP contribution in [0.25, 0.3) is 17.0 Å². The highest BCUT2D eigenvalue weighted by Crippen LogP contribution is 2.36. The summed E-state index contributed by atoms with van der Waals surface area (Å²) in [6, 6.07) is 13.4. The van der Waals surface area contributed by atoms with E-state index in [9.17, 15) is 9.59 Å². The molecule has 1 saturated heterocycles. The van der Waals surface area contributed by atoms with Gasteiger partial charge in [-0.2, -0.15) is 0 Å². The lowest BCUT2D eigenvalue weighted by molar-refractivity contribution is -0.123. The minimum absolute atomic E-state index is 0.112. The van der Waals surface area contributed by atoms with E-state index in [0.717, 1.165) is 32.3 Å². The van der Waals surface area contributed by atoms with Crippen LogP contribution in [0.4, 0.5) is 0 Å². The smallest absolute Gasteiger partial charge is 0.266 e. The fourth-order valence-electron chi connectivity index (χ4n) is 3.74. The SMILES string of the molecule is COCCNC(=O)Cn1cc(/C=C2\SC(=S)N(Cc3ccc(OC)cc3)C2=O)c2cc(Br)ccc21. The number of aromatic nitrogens is 1. The molecule has 2 heterocycles. The van der Waals surface area contributed by atoms with Gasteiger partial charge in [0, 0.05) is 40.8 Å². The summed E-state index contributed by atoms with van der Waals surface area (Å²) in [7, 11) is 3.21. The van der Waals surface area contributed by atoms with Gasteiger partial charge >= 0.3 is 0 Å². The molecular formula is C25H24BrN3O4S2. The van der Waals surface area contributed by atoms with Crippen molar-refractivity contribution in [2.45, 2.75) is 13.1 Å². The molecule has 182 valence electrons. The van der Waals surface area contributed by atoms with E-state index < -0.39 is 0 Å². The van der Waals surface area contributed by atoms with Crippen LogP contribution in [0, 0.1) is 0 Å². The van der Waals surface area contributed by atoms with Gasteiger partial charge in [-0.25, -0.2) is 0 Å². The largest absolute Gasteiger partial charge is 0.497 e. The van der Waals surface area contributed by atoms with Crippen molar-refractivity contribution in [1.29, 1.82) is 0 Å². The van der Waals surface area contributed by atoms with Crippen molar-refractivity contribution in [2.75, 3.05) is 27.4 Å². The Morgan fingerprint density at radius 2 is 1.97 bits per heavy atom. The molecule has 1 aliphatic rings. The van der Waals surface area contributed by atoms with Crippen LogP contribution in [-0.4, -0.2) is 53.0 Å². The van der Waals surface area contributed by atoms with Crippen molar-refractivity contribution < 1.29 is 19.1 Å². The number of thiocarbonyl (C=S) groups is 1. The Hall–Kier alpha value is -2.66. The number of halogens is 1. The summed E-state index contributed by atoms with van der Waals surface area (Å²) in [6.07, 6.45) is 3.74. The van der Waals surface area contributed by atoms with Gasteiger partial charge in [0.2, 0.25) is 5.91 Å². The zero-order valence-corrected chi connectivity index (χ0v) is 22.5. The zero-order chi connectivity index (χ0) is 24.9. The van der Waals surface area contributed by atoms with E-state index in [0.29, 0.717) is 28.9 Å². The Labute approximate surface area is 221 Å². The summed E-state index contributed by atoms with van der Waals surface area (Å²) < 4.78 is 13.5. The zero-order valence-electron chi connectivity index (χ0n) is 19.2. The summed E-state index contributed by atoms with van der Waals surface area (Å²) in [5.74, 6) is 0.511. The normalized spacial score (nSPS) is 14.8. The second-order valence-electron chi connectivity index (χ2n) is 7.83. The molecular weight excluding hydrogens is 550 g/mol. The van der Waals surface area contributed by atoms with Gasteiger partial charge in [0.25, 0.3) is 5.91 Å². The molecule has 0 radical (unpaired) electrons. The number of hydrogen-bond donors (Lipinski definition) is 1. The van der Waals surface area contributed by atoms with E-state index in [1.54, 1.807) is 19.1 Å². The maximum absolute atomic E-state index is 13.2. The lowest BCUT2D eigenvalue weighted by atomic mass is 10.1. The van der Waals surface area contributed by atoms with Crippen LogP contribution < -0.4 is 10.1 Å². The van der Waals surface area contributed by atoms with E-state index in [-0.39, 0.29) is 18.4 Å². The molecule has 1 aromatic heterocycles. The predicted molar refractivity (Wildman–Crippen MR) is 146 cm³/mol. The number of carbonyl (C=O) groups excluding carboxylic acids is 2. The van der Waals surface area contributed by atoms with Crippen LogP contribution in [0.5, 0.6) is 5.75 Å². The van der Waals surface area contributed by atoms with Crippen molar-refractivity contribution in [3.8, 4) is 5.75 Å². The van der Waals surface area contributed by atoms with Crippen molar-refractivity contribution in [1.82, 2.24) is 14.8 Å². The maximum atomic E-state index is 13.2. The first-order chi connectivity index (χ1) is 16.9. The Bertz CT molecular complexity index is 1300. The standard InChI is InChI=1S/C25H24BrN3O4S2/c1-32-10-9-27-23(30)15-28-14-17(20-12-18(26)5-8-21(20)28)11-22-24(31)29(25(34)35-22)13-16-3-6-19(33-2)7-4-16/h3-8,11-12,14H,9-10,13,15H2,1-2H3,(H,27,30)/b22-11-. The van der Waals surface area contributed by atoms with Crippen LogP contribution >= 0.6 is 39.9 Å². The third-order valence-electron chi connectivity index (χ3n) is 5.48. The molecule has 0 unspecified atom stereocenters. The van der Waals surface area contributed by atoms with E-state index in [1.807, 2.05) is 59.3 Å². The lowest BCUT2D eigenvalue weighted by Crippen LogP contribution is -2.30. The number of rotatable bonds is 9. The quantitative estimate of drug-likeness (QED) is 0.229. The maximum Gasteiger partial charge on any atom is 0.266 e. The second kappa shape index (κ2) is 11.4. The number of thioether (sulfide) groups is 1. The van der Waals surface area contributed by atoms with Crippen LogP contribution in [0.15, 0.2) is 58.0 Å². The van der Waals surface area contributed by atoms with Crippen molar-refractivity contribution in [2.24, 2.45) is 0 Å². The molecule has 4 rings (SSSR count). The minimum Gasteiger partial charge on any atom is -0.497 e. The number of carbonyl (C=O) groups is 2. The van der Waals surface area contributed by atoms with Gasteiger partial charge in [0.05, 0.1) is 25.2 Å². The monoisotopic (exact) mass is 573 g/mol. The fourth-order valence-corrected chi connectivity index (χ4v) is 5.34. The van der Waals surface area contributed by atoms with Gasteiger partial charge in [0.15, 0.2) is 0 Å². The molecule has 35 heavy (non-hydrogen) atoms. The average Bonchev–Trinajstić information content (AvgIpc) is 3.30. The Balaban J connectivity index is 1.58. The van der Waals surface area contributed by atoms with Gasteiger partial charge < -0.3 is 19.4 Å². The van der Waals surface area contributed by atoms with Crippen LogP contribution in [0.2, 0.25) is 0 Å². The van der Waals surface area contributed by atoms with E-state index in [1.165, 1.54) is 11.8 Å². The highest BCUT2D eigenvalue weighted by molar-refractivity contribution is 9.10. The summed E-state index contributed by atoms with van der Waals surface area (Å²) in [6.45, 7) is 1.45. The third-order valence-corrected chi connectivity index (χ3v) is 7.35. The van der Waals surface area contributed by atoms with Crippen molar-refractivity contribution >= 4 is 73.0 Å². The first kappa shape index (κ1) is 25.4. The van der Waals surface area contributed by atoms with Crippen molar-refractivity contribution in [3.63, 3.8) is 0 Å². The molecule has 1 aliphatic heterocycles. The number of ether oxygens (including phenoxy) is 2. The molecule has 0 saturated carbocycles. The third kappa shape index (κ3) is 5.95. The number of fused-ring (bicyclic) bond motifs is 1. The number of methoxy groups -OCH3 is 2. The van der Waals surface area contributed by atoms with Crippen molar-refractivity contribution in [3.05, 3.63) is 69.2 Å². The Morgan fingerprint density at radius 3 is 2.69 bits per heavy atom. The molecule has 0 bridgehead atoms. The summed E-state index contributed by atoms with van der Waals surface area (Å²) >= 11 is 10.3. The van der Waals surface area contributed by atoms with Gasteiger partial charge in [-0.05, 0) is 42.0 Å². The number of nitrogens with one attached hydrogen (secondary N) is 1. The summed E-state index contributed by atoms with van der Waals surface area (Å²) in [5.41, 5.74) is 2.70. The number of hydrogen-bond acceptors (Lipinski definition) is 6. The minimum atomic E-state index is -0.135. The summed E-state index contributed by atoms with van der Waals surface area (Å²) in [4.78, 5) is 27.8. The molecule has 10 heteroatoms. The molecule has 1 fully saturated rings. The van der Waals surface area contributed by atoms with Crippen LogP contribution in [0.3, 0.4) is 0 Å². The fraction of sp³-hybridized carbons (Fsp3) is 0.240. The first-order valence-electron chi connectivity index (χ1n) is 10.8. The second-order valence-corrected chi connectivity index (χ2v) is 10.4.